The minimum atomic E-state index is -0.551. The highest BCUT2D eigenvalue weighted by atomic mass is 16.2. The van der Waals surface area contributed by atoms with E-state index in [1.807, 2.05) is 6.92 Å². The molecule has 106 valence electrons. The number of hydrogen-bond acceptors (Lipinski definition) is 3. The van der Waals surface area contributed by atoms with Crippen molar-refractivity contribution in [2.24, 2.45) is 5.41 Å². The Balaban J connectivity index is 1.96. The van der Waals surface area contributed by atoms with Crippen LogP contribution in [0.4, 0.5) is 0 Å². The second-order valence-corrected chi connectivity index (χ2v) is 5.95. The maximum Gasteiger partial charge on any atom is 0.249 e. The Hall–Kier alpha value is -1.39. The van der Waals surface area contributed by atoms with Crippen LogP contribution in [-0.4, -0.2) is 23.8 Å². The Morgan fingerprint density at radius 1 is 1.21 bits per heavy atom. The van der Waals surface area contributed by atoms with E-state index in [4.69, 9.17) is 0 Å². The van der Waals surface area contributed by atoms with Gasteiger partial charge in [0.2, 0.25) is 17.7 Å². The Morgan fingerprint density at radius 3 is 2.42 bits per heavy atom. The van der Waals surface area contributed by atoms with E-state index in [0.717, 1.165) is 25.7 Å². The van der Waals surface area contributed by atoms with Gasteiger partial charge in [-0.1, -0.05) is 32.6 Å². The van der Waals surface area contributed by atoms with Gasteiger partial charge in [-0.05, 0) is 19.3 Å². The highest BCUT2D eigenvalue weighted by Crippen LogP contribution is 2.34. The number of imide groups is 1. The highest BCUT2D eigenvalue weighted by molar-refractivity contribution is 6.02. The van der Waals surface area contributed by atoms with E-state index in [2.05, 4.69) is 10.6 Å². The summed E-state index contributed by atoms with van der Waals surface area (Å²) in [5, 5.41) is 5.09. The van der Waals surface area contributed by atoms with Crippen LogP contribution in [0, 0.1) is 5.41 Å². The van der Waals surface area contributed by atoms with Crippen LogP contribution in [0.2, 0.25) is 0 Å². The molecule has 2 fully saturated rings. The summed E-state index contributed by atoms with van der Waals surface area (Å²) in [4.78, 5) is 35.1. The maximum absolute atomic E-state index is 12.4. The first kappa shape index (κ1) is 14.0. The lowest BCUT2D eigenvalue weighted by Gasteiger charge is -2.30. The van der Waals surface area contributed by atoms with Crippen LogP contribution in [0.3, 0.4) is 0 Å². The van der Waals surface area contributed by atoms with Crippen molar-refractivity contribution in [2.75, 3.05) is 0 Å². The Morgan fingerprint density at radius 2 is 1.84 bits per heavy atom. The molecular weight excluding hydrogens is 244 g/mol. The van der Waals surface area contributed by atoms with Crippen molar-refractivity contribution in [3.63, 3.8) is 0 Å². The lowest BCUT2D eigenvalue weighted by molar-refractivity contribution is -0.140. The molecule has 2 aliphatic rings. The zero-order chi connectivity index (χ0) is 13.9. The molecule has 19 heavy (non-hydrogen) atoms. The summed E-state index contributed by atoms with van der Waals surface area (Å²) in [6, 6.07) is -0.551. The Bertz CT molecular complexity index is 384. The standard InChI is InChI=1S/C14H22N2O3/c1-14(8-4-2-3-5-9-14)13(19)15-10-6-7-11(17)16-12(10)18/h10H,2-9H2,1H3,(H,15,19)(H,16,17,18). The number of nitrogens with one attached hydrogen (secondary N) is 2. The van der Waals surface area contributed by atoms with Crippen molar-refractivity contribution in [1.82, 2.24) is 10.6 Å². The third-order valence-corrected chi connectivity index (χ3v) is 4.30. The van der Waals surface area contributed by atoms with Crippen molar-refractivity contribution in [3.8, 4) is 0 Å². The van der Waals surface area contributed by atoms with E-state index in [9.17, 15) is 14.4 Å². The minimum absolute atomic E-state index is 0.0381. The SMILES string of the molecule is CC1(C(=O)NC2CCC(=O)NC2=O)CCCCCC1. The summed E-state index contributed by atoms with van der Waals surface area (Å²) in [5.74, 6) is -0.665. The van der Waals surface area contributed by atoms with E-state index >= 15 is 0 Å². The number of carbonyl (C=O) groups is 3. The molecule has 5 nitrogen and oxygen atoms in total. The molecule has 2 N–H and O–H groups in total. The Labute approximate surface area is 113 Å². The fraction of sp³-hybridized carbons (Fsp3) is 0.786. The topological polar surface area (TPSA) is 75.3 Å². The summed E-state index contributed by atoms with van der Waals surface area (Å²) in [6.07, 6.45) is 6.97. The van der Waals surface area contributed by atoms with Gasteiger partial charge in [0, 0.05) is 11.8 Å². The van der Waals surface area contributed by atoms with E-state index in [-0.39, 0.29) is 23.1 Å². The predicted octanol–water partition coefficient (Wildman–Crippen LogP) is 1.27. The summed E-state index contributed by atoms with van der Waals surface area (Å²) < 4.78 is 0. The molecule has 1 atom stereocenters. The van der Waals surface area contributed by atoms with E-state index < -0.39 is 6.04 Å². The van der Waals surface area contributed by atoms with Crippen molar-refractivity contribution >= 4 is 17.7 Å². The number of rotatable bonds is 2. The molecule has 1 saturated heterocycles. The van der Waals surface area contributed by atoms with Crippen molar-refractivity contribution in [2.45, 2.75) is 64.3 Å². The molecule has 0 bridgehead atoms. The van der Waals surface area contributed by atoms with Gasteiger partial charge in [-0.2, -0.15) is 0 Å². The van der Waals surface area contributed by atoms with Crippen LogP contribution in [0.15, 0.2) is 0 Å². The fourth-order valence-electron chi connectivity index (χ4n) is 2.90. The van der Waals surface area contributed by atoms with Gasteiger partial charge in [-0.25, -0.2) is 0 Å². The van der Waals surface area contributed by atoms with Gasteiger partial charge in [0.25, 0.3) is 0 Å². The predicted molar refractivity (Wildman–Crippen MR) is 70.1 cm³/mol. The quantitative estimate of drug-likeness (QED) is 0.584. The Kier molecular flexibility index (Phi) is 4.22. The molecule has 0 aromatic rings. The van der Waals surface area contributed by atoms with Gasteiger partial charge >= 0.3 is 0 Å². The molecule has 0 aromatic carbocycles. The summed E-state index contributed by atoms with van der Waals surface area (Å²) in [5.41, 5.74) is -0.363. The van der Waals surface area contributed by atoms with Gasteiger partial charge in [0.15, 0.2) is 0 Å². The monoisotopic (exact) mass is 266 g/mol. The summed E-state index contributed by atoms with van der Waals surface area (Å²) in [6.45, 7) is 1.99. The third kappa shape index (κ3) is 3.33. The lowest BCUT2D eigenvalue weighted by Crippen LogP contribution is -2.54. The van der Waals surface area contributed by atoms with E-state index in [1.54, 1.807) is 0 Å². The molecule has 0 radical (unpaired) electrons. The molecule has 1 unspecified atom stereocenters. The van der Waals surface area contributed by atoms with Crippen molar-refractivity contribution in [3.05, 3.63) is 0 Å². The molecular formula is C14H22N2O3. The van der Waals surface area contributed by atoms with Crippen molar-refractivity contribution in [1.29, 1.82) is 0 Å². The number of amides is 3. The maximum atomic E-state index is 12.4. The normalized spacial score (nSPS) is 27.3. The smallest absolute Gasteiger partial charge is 0.249 e. The summed E-state index contributed by atoms with van der Waals surface area (Å²) in [7, 11) is 0. The van der Waals surface area contributed by atoms with Crippen LogP contribution in [0.1, 0.15) is 58.3 Å². The van der Waals surface area contributed by atoms with Gasteiger partial charge in [0.1, 0.15) is 6.04 Å². The first-order valence-corrected chi connectivity index (χ1v) is 7.16. The van der Waals surface area contributed by atoms with Gasteiger partial charge in [-0.15, -0.1) is 0 Å². The van der Waals surface area contributed by atoms with Crippen LogP contribution in [-0.2, 0) is 14.4 Å². The molecule has 1 heterocycles. The van der Waals surface area contributed by atoms with Gasteiger partial charge < -0.3 is 5.32 Å². The number of piperidine rings is 1. The second kappa shape index (κ2) is 5.72. The second-order valence-electron chi connectivity index (χ2n) is 5.95. The molecule has 3 amide bonds. The molecule has 1 aliphatic carbocycles. The van der Waals surface area contributed by atoms with Crippen LogP contribution < -0.4 is 10.6 Å². The molecule has 0 spiro atoms. The van der Waals surface area contributed by atoms with Gasteiger partial charge in [0.05, 0.1) is 0 Å². The lowest BCUT2D eigenvalue weighted by atomic mass is 9.81. The highest BCUT2D eigenvalue weighted by Gasteiger charge is 2.37. The largest absolute Gasteiger partial charge is 0.344 e. The number of carbonyl (C=O) groups excluding carboxylic acids is 3. The first-order valence-electron chi connectivity index (χ1n) is 7.16. The van der Waals surface area contributed by atoms with Crippen LogP contribution in [0.25, 0.3) is 0 Å². The van der Waals surface area contributed by atoms with Gasteiger partial charge in [-0.3, -0.25) is 19.7 Å². The van der Waals surface area contributed by atoms with Crippen LogP contribution in [0.5, 0.6) is 0 Å². The molecule has 5 heteroatoms. The molecule has 0 aromatic heterocycles. The zero-order valence-electron chi connectivity index (χ0n) is 11.5. The fourth-order valence-corrected chi connectivity index (χ4v) is 2.90. The minimum Gasteiger partial charge on any atom is -0.344 e. The molecule has 1 saturated carbocycles. The van der Waals surface area contributed by atoms with Crippen molar-refractivity contribution < 1.29 is 14.4 Å². The average molecular weight is 266 g/mol. The van der Waals surface area contributed by atoms with E-state index in [1.165, 1.54) is 12.8 Å². The average Bonchev–Trinajstić information content (AvgIpc) is 2.58. The summed E-state index contributed by atoms with van der Waals surface area (Å²) >= 11 is 0. The first-order chi connectivity index (χ1) is 9.01. The van der Waals surface area contributed by atoms with E-state index in [0.29, 0.717) is 12.8 Å². The third-order valence-electron chi connectivity index (χ3n) is 4.30. The zero-order valence-corrected chi connectivity index (χ0v) is 11.5. The molecule has 2 rings (SSSR count). The number of hydrogen-bond donors (Lipinski definition) is 2. The van der Waals surface area contributed by atoms with Crippen LogP contribution >= 0.6 is 0 Å². The molecule has 1 aliphatic heterocycles.